The first-order valence-corrected chi connectivity index (χ1v) is 15.2. The van der Waals surface area contributed by atoms with Crippen LogP contribution in [-0.4, -0.2) is 24.1 Å². The number of rotatable bonds is 4. The van der Waals surface area contributed by atoms with Crippen molar-refractivity contribution in [2.24, 2.45) is 17.3 Å². The van der Waals surface area contributed by atoms with Crippen molar-refractivity contribution >= 4 is 22.3 Å². The summed E-state index contributed by atoms with van der Waals surface area (Å²) < 4.78 is 13.0. The molecule has 2 fully saturated rings. The Morgan fingerprint density at radius 3 is 2.47 bits per heavy atom. The van der Waals surface area contributed by atoms with Gasteiger partial charge in [-0.15, -0.1) is 5.73 Å². The third-order valence-electron chi connectivity index (χ3n) is 9.65. The minimum atomic E-state index is -1.19. The molecule has 0 saturated heterocycles. The van der Waals surface area contributed by atoms with Crippen LogP contribution in [-0.2, 0) is 15.6 Å². The molecule has 0 amide bonds. The summed E-state index contributed by atoms with van der Waals surface area (Å²) in [7, 11) is 2.98. The summed E-state index contributed by atoms with van der Waals surface area (Å²) in [6, 6.07) is 18.8. The lowest BCUT2D eigenvalue weighted by atomic mass is 9.53. The highest BCUT2D eigenvalue weighted by molar-refractivity contribution is 7.88. The molecule has 4 aliphatic rings. The molecule has 5 atom stereocenters. The number of anilines is 1. The molecule has 3 unspecified atom stereocenters. The van der Waals surface area contributed by atoms with E-state index >= 15 is 0 Å². The predicted octanol–water partition coefficient (Wildman–Crippen LogP) is 7.50. The van der Waals surface area contributed by atoms with Crippen LogP contribution in [0, 0.1) is 17.3 Å². The highest BCUT2D eigenvalue weighted by Gasteiger charge is 2.54. The zero-order chi connectivity index (χ0) is 26.4. The smallest absolute Gasteiger partial charge is 0.156 e. The van der Waals surface area contributed by atoms with E-state index in [0.29, 0.717) is 24.2 Å². The van der Waals surface area contributed by atoms with Gasteiger partial charge in [0.25, 0.3) is 0 Å². The van der Waals surface area contributed by atoms with Gasteiger partial charge in [-0.2, -0.15) is 0 Å². The summed E-state index contributed by atoms with van der Waals surface area (Å²) in [4.78, 5) is 15.3. The van der Waals surface area contributed by atoms with Gasteiger partial charge in [0, 0.05) is 47.8 Å². The van der Waals surface area contributed by atoms with Crippen molar-refractivity contribution in [3.05, 3.63) is 99.7 Å². The maximum atomic E-state index is 13.0. The van der Waals surface area contributed by atoms with Gasteiger partial charge in [-0.25, -0.2) is 4.21 Å². The lowest BCUT2D eigenvalue weighted by Gasteiger charge is -2.51. The molecular weight excluding hydrogens is 486 g/mol. The van der Waals surface area contributed by atoms with Crippen molar-refractivity contribution in [3.8, 4) is 0 Å². The first-order chi connectivity index (χ1) is 18.3. The maximum absolute atomic E-state index is 13.0. The second-order valence-electron chi connectivity index (χ2n) is 11.9. The molecule has 2 saturated carbocycles. The molecule has 0 aliphatic heterocycles. The van der Waals surface area contributed by atoms with E-state index < -0.39 is 10.8 Å². The van der Waals surface area contributed by atoms with Crippen LogP contribution >= 0.6 is 0 Å². The number of fused-ring (bicyclic) bond motifs is 4. The van der Waals surface area contributed by atoms with Crippen LogP contribution in [0.25, 0.3) is 0 Å². The molecule has 2 aromatic carbocycles. The monoisotopic (exact) mass is 523 g/mol. The number of hydrogen-bond donors (Lipinski definition) is 0. The topological polar surface area (TPSA) is 37.4 Å². The molecule has 0 heterocycles. The van der Waals surface area contributed by atoms with Crippen molar-refractivity contribution in [3.63, 3.8) is 0 Å². The van der Waals surface area contributed by atoms with Crippen molar-refractivity contribution in [2.75, 3.05) is 19.0 Å². The van der Waals surface area contributed by atoms with E-state index in [1.165, 1.54) is 28.0 Å². The van der Waals surface area contributed by atoms with Crippen LogP contribution in [0.2, 0.25) is 0 Å². The van der Waals surface area contributed by atoms with E-state index in [1.807, 2.05) is 36.4 Å². The normalized spacial score (nSPS) is 29.0. The van der Waals surface area contributed by atoms with Crippen LogP contribution in [0.5, 0.6) is 0 Å². The highest BCUT2D eigenvalue weighted by atomic mass is 32.2. The summed E-state index contributed by atoms with van der Waals surface area (Å²) in [6.45, 7) is 2.45. The van der Waals surface area contributed by atoms with Gasteiger partial charge >= 0.3 is 0 Å². The fourth-order valence-corrected chi connectivity index (χ4v) is 8.57. The Balaban J connectivity index is 1.44. The van der Waals surface area contributed by atoms with E-state index in [1.54, 1.807) is 11.0 Å². The van der Waals surface area contributed by atoms with Gasteiger partial charge in [-0.05, 0) is 103 Å². The summed E-state index contributed by atoms with van der Waals surface area (Å²) in [5.74, 6) is 1.73. The molecule has 0 bridgehead atoms. The Kier molecular flexibility index (Phi) is 6.66. The third kappa shape index (κ3) is 4.38. The largest absolute Gasteiger partial charge is 0.378 e. The lowest BCUT2D eigenvalue weighted by molar-refractivity contribution is -0.114. The molecule has 0 spiro atoms. The van der Waals surface area contributed by atoms with Crippen LogP contribution in [0.3, 0.4) is 0 Å². The molecule has 3 nitrogen and oxygen atoms in total. The Morgan fingerprint density at radius 2 is 1.74 bits per heavy atom. The molecule has 4 aliphatic carbocycles. The average Bonchev–Trinajstić information content (AvgIpc) is 3.27. The number of allylic oxidation sites excluding steroid dienone is 5. The van der Waals surface area contributed by atoms with E-state index in [0.717, 1.165) is 43.4 Å². The SMILES string of the molecule is CN(C)c1ccc([C@H]2C[C@]3(C)C(=C=CS(=O)c4ccccc4)CCC3C3CCC4=CC(=O)CCC4=C32)cc1. The Morgan fingerprint density at radius 1 is 0.974 bits per heavy atom. The molecule has 0 radical (unpaired) electrons. The van der Waals surface area contributed by atoms with E-state index in [4.69, 9.17) is 0 Å². The van der Waals surface area contributed by atoms with E-state index in [2.05, 4.69) is 55.9 Å². The summed E-state index contributed by atoms with van der Waals surface area (Å²) >= 11 is 0. The number of carbonyl (C=O) groups is 1. The second kappa shape index (κ2) is 9.98. The molecular formula is C34H37NO2S. The van der Waals surface area contributed by atoms with Crippen LogP contribution < -0.4 is 4.90 Å². The minimum Gasteiger partial charge on any atom is -0.378 e. The number of benzene rings is 2. The zero-order valence-corrected chi connectivity index (χ0v) is 23.5. The van der Waals surface area contributed by atoms with Crippen LogP contribution in [0.1, 0.15) is 63.4 Å². The van der Waals surface area contributed by atoms with Gasteiger partial charge in [-0.3, -0.25) is 4.79 Å². The van der Waals surface area contributed by atoms with Crippen LogP contribution in [0.15, 0.2) is 99.0 Å². The number of hydrogen-bond acceptors (Lipinski definition) is 3. The third-order valence-corrected chi connectivity index (χ3v) is 10.7. The van der Waals surface area contributed by atoms with Gasteiger partial charge in [0.1, 0.15) is 0 Å². The summed E-state index contributed by atoms with van der Waals surface area (Å²) in [5, 5.41) is 1.79. The molecule has 4 heteroatoms. The van der Waals surface area contributed by atoms with E-state index in [9.17, 15) is 9.00 Å². The molecule has 196 valence electrons. The first-order valence-electron chi connectivity index (χ1n) is 14.0. The van der Waals surface area contributed by atoms with Gasteiger partial charge in [0.05, 0.1) is 10.8 Å². The highest BCUT2D eigenvalue weighted by Crippen LogP contribution is 2.65. The Labute approximate surface area is 229 Å². The van der Waals surface area contributed by atoms with Crippen molar-refractivity contribution in [2.45, 2.75) is 62.7 Å². The number of carbonyl (C=O) groups excluding carboxylic acids is 1. The summed E-state index contributed by atoms with van der Waals surface area (Å²) in [6.07, 6.45) is 8.85. The van der Waals surface area contributed by atoms with Crippen molar-refractivity contribution < 1.29 is 9.00 Å². The van der Waals surface area contributed by atoms with E-state index in [-0.39, 0.29) is 11.2 Å². The molecule has 0 N–H and O–H groups in total. The molecule has 38 heavy (non-hydrogen) atoms. The minimum absolute atomic E-state index is 0.0305. The molecule has 2 aromatic rings. The van der Waals surface area contributed by atoms with Crippen LogP contribution in [0.4, 0.5) is 5.69 Å². The number of ketones is 1. The van der Waals surface area contributed by atoms with Crippen molar-refractivity contribution in [1.82, 2.24) is 0 Å². The first kappa shape index (κ1) is 25.3. The Bertz CT molecular complexity index is 1410. The second-order valence-corrected chi connectivity index (χ2v) is 13.2. The number of nitrogens with zero attached hydrogens (tertiary/aromatic N) is 1. The molecule has 6 rings (SSSR count). The van der Waals surface area contributed by atoms with Gasteiger partial charge in [0.15, 0.2) is 5.78 Å². The van der Waals surface area contributed by atoms with Gasteiger partial charge < -0.3 is 4.90 Å². The van der Waals surface area contributed by atoms with Crippen molar-refractivity contribution in [1.29, 1.82) is 0 Å². The average molecular weight is 524 g/mol. The van der Waals surface area contributed by atoms with Gasteiger partial charge in [0.2, 0.25) is 0 Å². The van der Waals surface area contributed by atoms with Gasteiger partial charge in [-0.1, -0.05) is 42.8 Å². The zero-order valence-electron chi connectivity index (χ0n) is 22.7. The fraction of sp³-hybridized carbons (Fsp3) is 0.412. The fourth-order valence-electron chi connectivity index (χ4n) is 7.76. The quantitative estimate of drug-likeness (QED) is 0.390. The lowest BCUT2D eigenvalue weighted by Crippen LogP contribution is -2.41. The Hall–Kier alpha value is -2.94. The predicted molar refractivity (Wildman–Crippen MR) is 155 cm³/mol. The molecule has 0 aromatic heterocycles. The standard InChI is InChI=1S/C34H37NO2S/c1-34-22-31(23-9-13-26(14-10-23)35(2)3)33-29-17-15-27(36)21-24(29)11-16-30(33)32(34)18-12-25(34)19-20-38(37)28-7-5-4-6-8-28/h4-10,13-14,20-21,30-32H,11-12,15-18,22H2,1-3H3/t19?,30?,31-,32?,34-,38?/m1/s1. The maximum Gasteiger partial charge on any atom is 0.156 e. The summed E-state index contributed by atoms with van der Waals surface area (Å²) in [5.41, 5.74) is 12.0.